The zero-order chi connectivity index (χ0) is 11.3. The second kappa shape index (κ2) is 5.20. The molecule has 3 nitrogen and oxygen atoms in total. The van der Waals surface area contributed by atoms with Gasteiger partial charge in [0.05, 0.1) is 5.92 Å². The summed E-state index contributed by atoms with van der Waals surface area (Å²) >= 11 is 0. The molecule has 0 amide bonds. The Balaban J connectivity index is 2.71. The van der Waals surface area contributed by atoms with Crippen molar-refractivity contribution in [3.05, 3.63) is 42.5 Å². The number of anilines is 1. The number of carbonyl (C=O) groups is 1. The highest BCUT2D eigenvalue weighted by Gasteiger charge is 2.12. The standard InChI is InChI=1S/C12H15NO2/c1-3-8-13-11-6-4-10(5-7-11)9(2)12(14)15/h3-7,9,13H,1,8H2,2H3,(H,14,15)/t9-/m0/s1. The monoisotopic (exact) mass is 205 g/mol. The molecule has 3 heteroatoms. The SMILES string of the molecule is C=CCNc1ccc([C@H](C)C(=O)O)cc1. The molecule has 1 aromatic rings. The molecular weight excluding hydrogens is 190 g/mol. The molecule has 0 aliphatic heterocycles. The van der Waals surface area contributed by atoms with Gasteiger partial charge in [-0.05, 0) is 24.6 Å². The Morgan fingerprint density at radius 3 is 2.60 bits per heavy atom. The van der Waals surface area contributed by atoms with Crippen molar-refractivity contribution in [1.29, 1.82) is 0 Å². The molecule has 0 aromatic heterocycles. The van der Waals surface area contributed by atoms with Crippen molar-refractivity contribution in [1.82, 2.24) is 0 Å². The van der Waals surface area contributed by atoms with E-state index >= 15 is 0 Å². The first-order chi connectivity index (χ1) is 7.15. The minimum atomic E-state index is -0.804. The summed E-state index contributed by atoms with van der Waals surface area (Å²) < 4.78 is 0. The van der Waals surface area contributed by atoms with E-state index in [4.69, 9.17) is 5.11 Å². The van der Waals surface area contributed by atoms with E-state index in [1.165, 1.54) is 0 Å². The van der Waals surface area contributed by atoms with Gasteiger partial charge in [-0.1, -0.05) is 18.2 Å². The van der Waals surface area contributed by atoms with E-state index in [9.17, 15) is 4.79 Å². The van der Waals surface area contributed by atoms with E-state index in [1.807, 2.05) is 24.3 Å². The predicted octanol–water partition coefficient (Wildman–Crippen LogP) is 2.47. The van der Waals surface area contributed by atoms with Crippen LogP contribution in [0.25, 0.3) is 0 Å². The van der Waals surface area contributed by atoms with Gasteiger partial charge in [0.1, 0.15) is 0 Å². The minimum Gasteiger partial charge on any atom is -0.481 e. The lowest BCUT2D eigenvalue weighted by Gasteiger charge is -2.08. The maximum Gasteiger partial charge on any atom is 0.310 e. The number of carboxylic acid groups (broad SMARTS) is 1. The third-order valence-corrected chi connectivity index (χ3v) is 2.23. The summed E-state index contributed by atoms with van der Waals surface area (Å²) in [6, 6.07) is 7.39. The first kappa shape index (κ1) is 11.3. The van der Waals surface area contributed by atoms with Crippen LogP contribution >= 0.6 is 0 Å². The van der Waals surface area contributed by atoms with Crippen molar-refractivity contribution in [2.75, 3.05) is 11.9 Å². The largest absolute Gasteiger partial charge is 0.481 e. The maximum atomic E-state index is 10.7. The Labute approximate surface area is 89.4 Å². The van der Waals surface area contributed by atoms with Gasteiger partial charge >= 0.3 is 5.97 Å². The average Bonchev–Trinajstić information content (AvgIpc) is 2.26. The molecule has 15 heavy (non-hydrogen) atoms. The van der Waals surface area contributed by atoms with Crippen LogP contribution in [0.4, 0.5) is 5.69 Å². The molecule has 0 aliphatic rings. The van der Waals surface area contributed by atoms with Crippen molar-refractivity contribution in [2.45, 2.75) is 12.8 Å². The quantitative estimate of drug-likeness (QED) is 0.726. The smallest absolute Gasteiger partial charge is 0.310 e. The van der Waals surface area contributed by atoms with E-state index in [1.54, 1.807) is 13.0 Å². The minimum absolute atomic E-state index is 0.460. The van der Waals surface area contributed by atoms with Crippen LogP contribution in [0.3, 0.4) is 0 Å². The number of benzene rings is 1. The normalized spacial score (nSPS) is 11.8. The Morgan fingerprint density at radius 1 is 1.53 bits per heavy atom. The van der Waals surface area contributed by atoms with E-state index in [-0.39, 0.29) is 0 Å². The van der Waals surface area contributed by atoms with E-state index < -0.39 is 11.9 Å². The molecule has 0 unspecified atom stereocenters. The summed E-state index contributed by atoms with van der Waals surface area (Å²) in [6.45, 7) is 5.98. The maximum absolute atomic E-state index is 10.7. The van der Waals surface area contributed by atoms with Gasteiger partial charge in [-0.25, -0.2) is 0 Å². The van der Waals surface area contributed by atoms with Gasteiger partial charge < -0.3 is 10.4 Å². The van der Waals surface area contributed by atoms with Gasteiger partial charge in [0.25, 0.3) is 0 Å². The highest BCUT2D eigenvalue weighted by molar-refractivity contribution is 5.75. The zero-order valence-corrected chi connectivity index (χ0v) is 8.73. The topological polar surface area (TPSA) is 49.3 Å². The number of rotatable bonds is 5. The van der Waals surface area contributed by atoms with Crippen molar-refractivity contribution in [3.8, 4) is 0 Å². The lowest BCUT2D eigenvalue weighted by molar-refractivity contribution is -0.138. The molecule has 0 spiro atoms. The van der Waals surface area contributed by atoms with Crippen LogP contribution in [0.5, 0.6) is 0 Å². The number of nitrogens with one attached hydrogen (secondary N) is 1. The second-order valence-corrected chi connectivity index (χ2v) is 3.35. The summed E-state index contributed by atoms with van der Waals surface area (Å²) in [5.41, 5.74) is 1.78. The van der Waals surface area contributed by atoms with Crippen LogP contribution < -0.4 is 5.32 Å². The van der Waals surface area contributed by atoms with Crippen LogP contribution in [0, 0.1) is 0 Å². The number of hydrogen-bond donors (Lipinski definition) is 2. The van der Waals surface area contributed by atoms with Crippen molar-refractivity contribution in [2.24, 2.45) is 0 Å². The summed E-state index contributed by atoms with van der Waals surface area (Å²) in [5.74, 6) is -1.26. The second-order valence-electron chi connectivity index (χ2n) is 3.35. The molecule has 0 saturated heterocycles. The lowest BCUT2D eigenvalue weighted by Crippen LogP contribution is -2.07. The number of carboxylic acids is 1. The van der Waals surface area contributed by atoms with Crippen LogP contribution in [0.15, 0.2) is 36.9 Å². The van der Waals surface area contributed by atoms with Gasteiger partial charge in [0, 0.05) is 12.2 Å². The molecule has 80 valence electrons. The summed E-state index contributed by atoms with van der Waals surface area (Å²) in [7, 11) is 0. The van der Waals surface area contributed by atoms with Gasteiger partial charge in [-0.15, -0.1) is 6.58 Å². The number of aliphatic carboxylic acids is 1. The molecule has 2 N–H and O–H groups in total. The fourth-order valence-electron chi connectivity index (χ4n) is 1.22. The molecule has 0 heterocycles. The molecule has 1 rings (SSSR count). The Bertz CT molecular complexity index is 343. The summed E-state index contributed by atoms with van der Waals surface area (Å²) in [5, 5.41) is 11.9. The van der Waals surface area contributed by atoms with Crippen molar-refractivity contribution < 1.29 is 9.90 Å². The predicted molar refractivity (Wildman–Crippen MR) is 61.2 cm³/mol. The highest BCUT2D eigenvalue weighted by Crippen LogP contribution is 2.17. The van der Waals surface area contributed by atoms with Gasteiger partial charge in [-0.2, -0.15) is 0 Å². The van der Waals surface area contributed by atoms with E-state index in [2.05, 4.69) is 11.9 Å². The van der Waals surface area contributed by atoms with Gasteiger partial charge in [0.2, 0.25) is 0 Å². The zero-order valence-electron chi connectivity index (χ0n) is 8.73. The lowest BCUT2D eigenvalue weighted by atomic mass is 10.0. The first-order valence-electron chi connectivity index (χ1n) is 4.82. The molecule has 0 bridgehead atoms. The number of hydrogen-bond acceptors (Lipinski definition) is 2. The molecule has 1 aromatic carbocycles. The third-order valence-electron chi connectivity index (χ3n) is 2.23. The fourth-order valence-corrected chi connectivity index (χ4v) is 1.22. The van der Waals surface area contributed by atoms with E-state index in [0.717, 1.165) is 11.3 Å². The molecule has 1 atom stereocenters. The molecular formula is C12H15NO2. The fraction of sp³-hybridized carbons (Fsp3) is 0.250. The summed E-state index contributed by atoms with van der Waals surface area (Å²) in [4.78, 5) is 10.7. The highest BCUT2D eigenvalue weighted by atomic mass is 16.4. The van der Waals surface area contributed by atoms with Gasteiger partial charge in [0.15, 0.2) is 0 Å². The average molecular weight is 205 g/mol. The first-order valence-corrected chi connectivity index (χ1v) is 4.82. The molecule has 0 fully saturated rings. The summed E-state index contributed by atoms with van der Waals surface area (Å²) in [6.07, 6.45) is 1.77. The van der Waals surface area contributed by atoms with Crippen LogP contribution in [-0.2, 0) is 4.79 Å². The Kier molecular flexibility index (Phi) is 3.92. The Morgan fingerprint density at radius 2 is 2.13 bits per heavy atom. The van der Waals surface area contributed by atoms with Crippen LogP contribution in [-0.4, -0.2) is 17.6 Å². The third kappa shape index (κ3) is 3.13. The van der Waals surface area contributed by atoms with Crippen LogP contribution in [0.1, 0.15) is 18.4 Å². The Hall–Kier alpha value is -1.77. The molecule has 0 aliphatic carbocycles. The van der Waals surface area contributed by atoms with Crippen molar-refractivity contribution in [3.63, 3.8) is 0 Å². The molecule has 0 radical (unpaired) electrons. The van der Waals surface area contributed by atoms with Gasteiger partial charge in [-0.3, -0.25) is 4.79 Å². The van der Waals surface area contributed by atoms with E-state index in [0.29, 0.717) is 6.54 Å². The van der Waals surface area contributed by atoms with Crippen molar-refractivity contribution >= 4 is 11.7 Å². The van der Waals surface area contributed by atoms with Crippen LogP contribution in [0.2, 0.25) is 0 Å². The molecule has 0 saturated carbocycles.